The van der Waals surface area contributed by atoms with Crippen LogP contribution in [0.2, 0.25) is 0 Å². The third-order valence-electron chi connectivity index (χ3n) is 4.28. The third kappa shape index (κ3) is 2.24. The number of fused-ring (bicyclic) bond motifs is 1. The van der Waals surface area contributed by atoms with E-state index in [9.17, 15) is 0 Å². The molecule has 1 saturated carbocycles. The smallest absolute Gasteiger partial charge is 0.0845 e. The molecule has 2 aliphatic rings. The Balaban J connectivity index is 1.81. The van der Waals surface area contributed by atoms with E-state index >= 15 is 0 Å². The van der Waals surface area contributed by atoms with Gasteiger partial charge in [-0.2, -0.15) is 0 Å². The minimum Gasteiger partial charge on any atom is -0.373 e. The van der Waals surface area contributed by atoms with E-state index in [0.29, 0.717) is 0 Å². The van der Waals surface area contributed by atoms with Crippen LogP contribution < -0.4 is 5.73 Å². The predicted octanol–water partition coefficient (Wildman–Crippen LogP) is 2.96. The third-order valence-corrected chi connectivity index (χ3v) is 4.28. The molecule has 0 aromatic heterocycles. The van der Waals surface area contributed by atoms with Gasteiger partial charge in [0.05, 0.1) is 12.7 Å². The van der Waals surface area contributed by atoms with E-state index in [1.54, 1.807) is 0 Å². The van der Waals surface area contributed by atoms with Gasteiger partial charge >= 0.3 is 0 Å². The Bertz CT molecular complexity index is 396. The van der Waals surface area contributed by atoms with Crippen molar-refractivity contribution < 1.29 is 4.74 Å². The molecule has 92 valence electrons. The summed E-state index contributed by atoms with van der Waals surface area (Å²) in [5.41, 5.74) is 9.31. The second-order valence-corrected chi connectivity index (χ2v) is 5.58. The van der Waals surface area contributed by atoms with Crippen molar-refractivity contribution >= 4 is 0 Å². The van der Waals surface area contributed by atoms with E-state index < -0.39 is 0 Å². The molecule has 1 aromatic rings. The molecule has 2 N–H and O–H groups in total. The fourth-order valence-corrected chi connectivity index (χ4v) is 3.30. The summed E-state index contributed by atoms with van der Waals surface area (Å²) < 4.78 is 5.95. The molecule has 0 spiro atoms. The average Bonchev–Trinajstić information content (AvgIpc) is 2.76. The number of nitrogens with two attached hydrogens (primary N) is 1. The van der Waals surface area contributed by atoms with Crippen molar-refractivity contribution in [2.24, 2.45) is 5.73 Å². The van der Waals surface area contributed by atoms with Crippen molar-refractivity contribution in [2.45, 2.75) is 50.2 Å². The van der Waals surface area contributed by atoms with Gasteiger partial charge in [0, 0.05) is 5.54 Å². The van der Waals surface area contributed by atoms with Crippen LogP contribution in [0.1, 0.15) is 49.3 Å². The maximum Gasteiger partial charge on any atom is 0.0845 e. The topological polar surface area (TPSA) is 35.2 Å². The first-order chi connectivity index (χ1) is 8.27. The number of hydrogen-bond donors (Lipinski definition) is 1. The maximum absolute atomic E-state index is 6.47. The molecule has 0 amide bonds. The molecule has 1 fully saturated rings. The summed E-state index contributed by atoms with van der Waals surface area (Å²) in [4.78, 5) is 0. The Morgan fingerprint density at radius 3 is 2.82 bits per heavy atom. The monoisotopic (exact) mass is 231 g/mol. The van der Waals surface area contributed by atoms with Crippen molar-refractivity contribution in [1.29, 1.82) is 0 Å². The van der Waals surface area contributed by atoms with Gasteiger partial charge < -0.3 is 10.5 Å². The summed E-state index contributed by atoms with van der Waals surface area (Å²) in [5, 5.41) is 0. The molecule has 1 aliphatic carbocycles. The second kappa shape index (κ2) is 4.43. The molecule has 0 bridgehead atoms. The highest BCUT2D eigenvalue weighted by atomic mass is 16.5. The minimum atomic E-state index is 0.0229. The van der Waals surface area contributed by atoms with Crippen LogP contribution in [0.25, 0.3) is 0 Å². The standard InChI is InChI=1S/C15H21NO/c16-15(8-3-4-9-15)11-14-13-6-2-1-5-12(13)7-10-17-14/h1-2,5-6,14H,3-4,7-11,16H2. The predicted molar refractivity (Wildman–Crippen MR) is 68.8 cm³/mol. The zero-order valence-electron chi connectivity index (χ0n) is 10.3. The van der Waals surface area contributed by atoms with Crippen LogP contribution in [-0.2, 0) is 11.2 Å². The van der Waals surface area contributed by atoms with Crippen LogP contribution in [0, 0.1) is 0 Å². The van der Waals surface area contributed by atoms with Gasteiger partial charge in [-0.25, -0.2) is 0 Å². The molecule has 0 radical (unpaired) electrons. The lowest BCUT2D eigenvalue weighted by Crippen LogP contribution is -2.39. The fraction of sp³-hybridized carbons (Fsp3) is 0.600. The highest BCUT2D eigenvalue weighted by molar-refractivity contribution is 5.31. The van der Waals surface area contributed by atoms with Gasteiger partial charge in [-0.1, -0.05) is 37.1 Å². The highest BCUT2D eigenvalue weighted by Gasteiger charge is 2.34. The quantitative estimate of drug-likeness (QED) is 0.849. The molecule has 3 rings (SSSR count). The summed E-state index contributed by atoms with van der Waals surface area (Å²) in [6.07, 6.45) is 7.15. The van der Waals surface area contributed by atoms with Crippen molar-refractivity contribution in [3.63, 3.8) is 0 Å². The zero-order chi connectivity index (χ0) is 11.7. The van der Waals surface area contributed by atoms with Crippen molar-refractivity contribution in [2.75, 3.05) is 6.61 Å². The summed E-state index contributed by atoms with van der Waals surface area (Å²) in [7, 11) is 0. The van der Waals surface area contributed by atoms with Crippen molar-refractivity contribution in [1.82, 2.24) is 0 Å². The molecule has 17 heavy (non-hydrogen) atoms. The molecular formula is C15H21NO. The normalized spacial score (nSPS) is 26.8. The van der Waals surface area contributed by atoms with Crippen LogP contribution in [-0.4, -0.2) is 12.1 Å². The van der Waals surface area contributed by atoms with Crippen molar-refractivity contribution in [3.05, 3.63) is 35.4 Å². The molecule has 1 unspecified atom stereocenters. The van der Waals surface area contributed by atoms with E-state index in [1.165, 1.54) is 24.0 Å². The second-order valence-electron chi connectivity index (χ2n) is 5.58. The number of rotatable bonds is 2. The largest absolute Gasteiger partial charge is 0.373 e. The Morgan fingerprint density at radius 2 is 2.00 bits per heavy atom. The van der Waals surface area contributed by atoms with Crippen LogP contribution >= 0.6 is 0 Å². The maximum atomic E-state index is 6.47. The molecule has 1 aliphatic heterocycles. The highest BCUT2D eigenvalue weighted by Crippen LogP contribution is 2.38. The van der Waals surface area contributed by atoms with Crippen LogP contribution in [0.4, 0.5) is 0 Å². The van der Waals surface area contributed by atoms with Gasteiger partial charge in [0.1, 0.15) is 0 Å². The van der Waals surface area contributed by atoms with Crippen LogP contribution in [0.5, 0.6) is 0 Å². The van der Waals surface area contributed by atoms with Gasteiger partial charge in [0.25, 0.3) is 0 Å². The number of benzene rings is 1. The minimum absolute atomic E-state index is 0.0229. The summed E-state index contributed by atoms with van der Waals surface area (Å²) in [6.45, 7) is 0.845. The SMILES string of the molecule is NC1(CC2OCCc3ccccc32)CCCC1. The Kier molecular flexibility index (Phi) is 2.93. The molecule has 0 saturated heterocycles. The van der Waals surface area contributed by atoms with Gasteiger partial charge in [0.15, 0.2) is 0 Å². The van der Waals surface area contributed by atoms with E-state index in [1.807, 2.05) is 0 Å². The van der Waals surface area contributed by atoms with Gasteiger partial charge in [-0.15, -0.1) is 0 Å². The summed E-state index contributed by atoms with van der Waals surface area (Å²) in [6, 6.07) is 8.66. The average molecular weight is 231 g/mol. The Hall–Kier alpha value is -0.860. The fourth-order valence-electron chi connectivity index (χ4n) is 3.30. The van der Waals surface area contributed by atoms with Gasteiger partial charge in [-0.05, 0) is 36.8 Å². The first-order valence-corrected chi connectivity index (χ1v) is 6.75. The van der Waals surface area contributed by atoms with Gasteiger partial charge in [0.2, 0.25) is 0 Å². The molecule has 2 heteroatoms. The zero-order valence-corrected chi connectivity index (χ0v) is 10.3. The van der Waals surface area contributed by atoms with Crippen LogP contribution in [0.15, 0.2) is 24.3 Å². The van der Waals surface area contributed by atoms with Crippen LogP contribution in [0.3, 0.4) is 0 Å². The van der Waals surface area contributed by atoms with E-state index in [-0.39, 0.29) is 11.6 Å². The van der Waals surface area contributed by atoms with Crippen molar-refractivity contribution in [3.8, 4) is 0 Å². The molecule has 1 atom stereocenters. The van der Waals surface area contributed by atoms with E-state index in [2.05, 4.69) is 24.3 Å². The first-order valence-electron chi connectivity index (χ1n) is 6.75. The summed E-state index contributed by atoms with van der Waals surface area (Å²) in [5.74, 6) is 0. The lowest BCUT2D eigenvalue weighted by Gasteiger charge is -2.33. The Morgan fingerprint density at radius 1 is 1.24 bits per heavy atom. The first kappa shape index (κ1) is 11.2. The lowest BCUT2D eigenvalue weighted by atomic mass is 9.86. The molecular weight excluding hydrogens is 210 g/mol. The summed E-state index contributed by atoms with van der Waals surface area (Å²) >= 11 is 0. The molecule has 2 nitrogen and oxygen atoms in total. The number of hydrogen-bond acceptors (Lipinski definition) is 2. The van der Waals surface area contributed by atoms with E-state index in [4.69, 9.17) is 10.5 Å². The lowest BCUT2D eigenvalue weighted by molar-refractivity contribution is 0.0214. The Labute approximate surface area is 103 Å². The molecule has 1 heterocycles. The van der Waals surface area contributed by atoms with E-state index in [0.717, 1.165) is 32.3 Å². The van der Waals surface area contributed by atoms with Gasteiger partial charge in [-0.3, -0.25) is 0 Å². The molecule has 1 aromatic carbocycles. The number of ether oxygens (including phenoxy) is 1.